The van der Waals surface area contributed by atoms with Gasteiger partial charge in [-0.3, -0.25) is 0 Å². The summed E-state index contributed by atoms with van der Waals surface area (Å²) in [6, 6.07) is 11.5. The second-order valence-corrected chi connectivity index (χ2v) is 6.34. The summed E-state index contributed by atoms with van der Waals surface area (Å²) >= 11 is 0. The Kier molecular flexibility index (Phi) is 5.91. The Morgan fingerprint density at radius 1 is 1.21 bits per heavy atom. The van der Waals surface area contributed by atoms with Crippen LogP contribution in [0.5, 0.6) is 0 Å². The summed E-state index contributed by atoms with van der Waals surface area (Å²) in [6.07, 6.45) is 8.12. The Hall–Kier alpha value is -0.820. The predicted octanol–water partition coefficient (Wildman–Crippen LogP) is 4.42. The van der Waals surface area contributed by atoms with E-state index in [-0.39, 0.29) is 0 Å². The molecule has 1 aromatic carbocycles. The minimum atomic E-state index is 0.639. The number of hydrogen-bond donors (Lipinski definition) is 1. The summed E-state index contributed by atoms with van der Waals surface area (Å²) in [7, 11) is 0. The smallest absolute Gasteiger partial charge is 0.0105 e. The summed E-state index contributed by atoms with van der Waals surface area (Å²) in [6.45, 7) is 5.92. The van der Waals surface area contributed by atoms with E-state index < -0.39 is 0 Å². The van der Waals surface area contributed by atoms with Crippen LogP contribution in [0.25, 0.3) is 0 Å². The molecule has 3 atom stereocenters. The van der Waals surface area contributed by atoms with E-state index in [0.717, 1.165) is 11.8 Å². The van der Waals surface area contributed by atoms with Crippen molar-refractivity contribution in [1.82, 2.24) is 5.32 Å². The van der Waals surface area contributed by atoms with Crippen molar-refractivity contribution in [2.24, 2.45) is 11.8 Å². The highest BCUT2D eigenvalue weighted by Gasteiger charge is 2.19. The van der Waals surface area contributed by atoms with Crippen LogP contribution in [0.1, 0.15) is 51.5 Å². The second kappa shape index (κ2) is 7.69. The molecule has 1 aromatic rings. The van der Waals surface area contributed by atoms with Crippen LogP contribution in [0.15, 0.2) is 30.3 Å². The van der Waals surface area contributed by atoms with Crippen LogP contribution < -0.4 is 5.32 Å². The molecule has 0 saturated heterocycles. The molecule has 2 rings (SSSR count). The van der Waals surface area contributed by atoms with Gasteiger partial charge in [-0.1, -0.05) is 57.0 Å². The van der Waals surface area contributed by atoms with Crippen molar-refractivity contribution < 1.29 is 0 Å². The van der Waals surface area contributed by atoms with Crippen molar-refractivity contribution in [1.29, 1.82) is 0 Å². The van der Waals surface area contributed by atoms with Gasteiger partial charge < -0.3 is 5.32 Å². The molecule has 1 heteroatoms. The number of benzene rings is 1. The van der Waals surface area contributed by atoms with Gasteiger partial charge in [0.2, 0.25) is 0 Å². The molecule has 1 nitrogen and oxygen atoms in total. The summed E-state index contributed by atoms with van der Waals surface area (Å²) < 4.78 is 0. The molecule has 0 spiro atoms. The Balaban J connectivity index is 1.76. The van der Waals surface area contributed by atoms with Crippen LogP contribution in [0.4, 0.5) is 0 Å². The highest BCUT2D eigenvalue weighted by molar-refractivity contribution is 5.15. The van der Waals surface area contributed by atoms with Gasteiger partial charge in [-0.15, -0.1) is 0 Å². The molecule has 106 valence electrons. The fourth-order valence-corrected chi connectivity index (χ4v) is 3.34. The predicted molar refractivity (Wildman–Crippen MR) is 83.3 cm³/mol. The molecule has 1 N–H and O–H groups in total. The van der Waals surface area contributed by atoms with Gasteiger partial charge >= 0.3 is 0 Å². The van der Waals surface area contributed by atoms with Crippen molar-refractivity contribution in [2.45, 2.75) is 58.4 Å². The first-order valence-electron chi connectivity index (χ1n) is 8.05. The molecule has 1 aliphatic rings. The fourth-order valence-electron chi connectivity index (χ4n) is 3.34. The third-order valence-electron chi connectivity index (χ3n) is 4.56. The van der Waals surface area contributed by atoms with Crippen LogP contribution in [0, 0.1) is 11.8 Å². The quantitative estimate of drug-likeness (QED) is 0.797. The molecule has 0 radical (unpaired) electrons. The van der Waals surface area contributed by atoms with E-state index in [1.54, 1.807) is 0 Å². The lowest BCUT2D eigenvalue weighted by atomic mass is 9.82. The highest BCUT2D eigenvalue weighted by atomic mass is 14.9. The lowest BCUT2D eigenvalue weighted by Gasteiger charge is -2.28. The van der Waals surface area contributed by atoms with Crippen LogP contribution in [0.2, 0.25) is 0 Å². The van der Waals surface area contributed by atoms with Crippen molar-refractivity contribution in [3.63, 3.8) is 0 Å². The topological polar surface area (TPSA) is 12.0 Å². The van der Waals surface area contributed by atoms with Crippen molar-refractivity contribution in [2.75, 3.05) is 6.54 Å². The molecule has 1 aliphatic carbocycles. The van der Waals surface area contributed by atoms with E-state index >= 15 is 0 Å². The average Bonchev–Trinajstić information content (AvgIpc) is 2.44. The highest BCUT2D eigenvalue weighted by Crippen LogP contribution is 2.28. The van der Waals surface area contributed by atoms with Crippen LogP contribution >= 0.6 is 0 Å². The fraction of sp³-hybridized carbons (Fsp3) is 0.667. The summed E-state index contributed by atoms with van der Waals surface area (Å²) in [5, 5.41) is 3.81. The maximum Gasteiger partial charge on any atom is 0.0105 e. The first kappa shape index (κ1) is 14.6. The van der Waals surface area contributed by atoms with E-state index in [9.17, 15) is 0 Å². The van der Waals surface area contributed by atoms with Crippen molar-refractivity contribution in [3.8, 4) is 0 Å². The molecule has 19 heavy (non-hydrogen) atoms. The molecular weight excluding hydrogens is 230 g/mol. The normalized spacial score (nSPS) is 25.2. The molecule has 0 heterocycles. The van der Waals surface area contributed by atoms with E-state index in [4.69, 9.17) is 0 Å². The Morgan fingerprint density at radius 3 is 2.68 bits per heavy atom. The number of nitrogens with one attached hydrogen (secondary N) is 1. The van der Waals surface area contributed by atoms with E-state index in [0.29, 0.717) is 6.04 Å². The Bertz CT molecular complexity index is 346. The van der Waals surface area contributed by atoms with Crippen LogP contribution in [0.3, 0.4) is 0 Å². The van der Waals surface area contributed by atoms with Gasteiger partial charge in [0.25, 0.3) is 0 Å². The summed E-state index contributed by atoms with van der Waals surface area (Å²) in [5.41, 5.74) is 1.46. The summed E-state index contributed by atoms with van der Waals surface area (Å²) in [4.78, 5) is 0. The van der Waals surface area contributed by atoms with Crippen LogP contribution in [-0.2, 0) is 6.42 Å². The minimum Gasteiger partial charge on any atom is -0.313 e. The molecule has 1 fully saturated rings. The standard InChI is InChI=1S/C18H29N/c1-3-18(13-16-9-5-4-6-10-16)19-14-17-11-7-8-15(2)12-17/h4-6,9-10,15,17-19H,3,7-8,11-14H2,1-2H3. The van der Waals surface area contributed by atoms with E-state index in [2.05, 4.69) is 49.5 Å². The van der Waals surface area contributed by atoms with Gasteiger partial charge in [0.1, 0.15) is 0 Å². The maximum absolute atomic E-state index is 3.81. The molecule has 1 saturated carbocycles. The maximum atomic E-state index is 3.81. The summed E-state index contributed by atoms with van der Waals surface area (Å²) in [5.74, 6) is 1.85. The first-order chi connectivity index (χ1) is 9.28. The Morgan fingerprint density at radius 2 is 2.00 bits per heavy atom. The van der Waals surface area contributed by atoms with Gasteiger partial charge in [0, 0.05) is 6.04 Å². The van der Waals surface area contributed by atoms with Crippen molar-refractivity contribution >= 4 is 0 Å². The first-order valence-corrected chi connectivity index (χ1v) is 8.05. The number of rotatable bonds is 6. The third-order valence-corrected chi connectivity index (χ3v) is 4.56. The molecule has 0 aromatic heterocycles. The van der Waals surface area contributed by atoms with E-state index in [1.807, 2.05) is 0 Å². The Labute approximate surface area is 118 Å². The van der Waals surface area contributed by atoms with Crippen molar-refractivity contribution in [3.05, 3.63) is 35.9 Å². The molecule has 3 unspecified atom stereocenters. The van der Waals surface area contributed by atoms with Crippen LogP contribution in [-0.4, -0.2) is 12.6 Å². The average molecular weight is 259 g/mol. The molecular formula is C18H29N. The lowest BCUT2D eigenvalue weighted by molar-refractivity contribution is 0.265. The number of hydrogen-bond acceptors (Lipinski definition) is 1. The van der Waals surface area contributed by atoms with Gasteiger partial charge in [-0.2, -0.15) is 0 Å². The SMILES string of the molecule is CCC(Cc1ccccc1)NCC1CCCC(C)C1. The van der Waals surface area contributed by atoms with E-state index in [1.165, 1.54) is 50.6 Å². The third kappa shape index (κ3) is 4.99. The zero-order valence-electron chi connectivity index (χ0n) is 12.6. The lowest BCUT2D eigenvalue weighted by Crippen LogP contribution is -2.35. The monoisotopic (exact) mass is 259 g/mol. The van der Waals surface area contributed by atoms with Gasteiger partial charge in [-0.25, -0.2) is 0 Å². The second-order valence-electron chi connectivity index (χ2n) is 6.34. The van der Waals surface area contributed by atoms with Gasteiger partial charge in [0.15, 0.2) is 0 Å². The molecule has 0 aliphatic heterocycles. The minimum absolute atomic E-state index is 0.639. The zero-order chi connectivity index (χ0) is 13.5. The van der Waals surface area contributed by atoms with Gasteiger partial charge in [-0.05, 0) is 49.6 Å². The molecule has 0 bridgehead atoms. The largest absolute Gasteiger partial charge is 0.313 e. The van der Waals surface area contributed by atoms with Gasteiger partial charge in [0.05, 0.1) is 0 Å². The molecule has 0 amide bonds. The zero-order valence-corrected chi connectivity index (χ0v) is 12.6.